The number of aliphatic carboxylic acids is 1. The predicted octanol–water partition coefficient (Wildman–Crippen LogP) is 5.83. The van der Waals surface area contributed by atoms with Gasteiger partial charge in [-0.15, -0.1) is 0 Å². The smallest absolute Gasteiger partial charge is 0.304 e. The molecule has 0 spiro atoms. The first-order chi connectivity index (χ1) is 17.9. The maximum absolute atomic E-state index is 14.4. The average Bonchev–Trinajstić information content (AvgIpc) is 3.39. The molecule has 0 radical (unpaired) electrons. The van der Waals surface area contributed by atoms with Gasteiger partial charge in [0.25, 0.3) is 5.89 Å². The molecule has 0 bridgehead atoms. The van der Waals surface area contributed by atoms with Gasteiger partial charge in [0.05, 0.1) is 13.0 Å². The minimum atomic E-state index is -0.892. The quantitative estimate of drug-likeness (QED) is 0.276. The summed E-state index contributed by atoms with van der Waals surface area (Å²) in [5.41, 5.74) is 6.34. The Bertz CT molecular complexity index is 1390. The molecule has 4 aromatic rings. The first-order valence-electron chi connectivity index (χ1n) is 12.1. The Morgan fingerprint density at radius 3 is 2.51 bits per heavy atom. The van der Waals surface area contributed by atoms with Gasteiger partial charge in [0.2, 0.25) is 5.82 Å². The Morgan fingerprint density at radius 1 is 1.03 bits per heavy atom. The molecule has 0 fully saturated rings. The number of carboxylic acid groups (broad SMARTS) is 1. The van der Waals surface area contributed by atoms with Crippen LogP contribution in [0.25, 0.3) is 34.0 Å². The van der Waals surface area contributed by atoms with Crippen LogP contribution in [0.15, 0.2) is 65.2 Å². The lowest BCUT2D eigenvalue weighted by atomic mass is 9.93. The van der Waals surface area contributed by atoms with Crippen molar-refractivity contribution in [2.75, 3.05) is 20.7 Å². The summed E-state index contributed by atoms with van der Waals surface area (Å²) in [4.78, 5) is 17.1. The van der Waals surface area contributed by atoms with Crippen molar-refractivity contribution in [2.45, 2.75) is 32.9 Å². The summed E-state index contributed by atoms with van der Waals surface area (Å²) >= 11 is 0. The number of aromatic nitrogens is 2. The summed E-state index contributed by atoms with van der Waals surface area (Å²) in [5, 5.41) is 13.0. The van der Waals surface area contributed by atoms with Gasteiger partial charge >= 0.3 is 5.97 Å². The second-order valence-electron chi connectivity index (χ2n) is 8.93. The lowest BCUT2D eigenvalue weighted by molar-refractivity contribution is -0.137. The van der Waals surface area contributed by atoms with E-state index in [1.54, 1.807) is 31.2 Å². The molecule has 192 valence electrons. The van der Waals surface area contributed by atoms with Crippen molar-refractivity contribution in [3.8, 4) is 34.0 Å². The van der Waals surface area contributed by atoms with E-state index in [0.717, 1.165) is 23.1 Å². The van der Waals surface area contributed by atoms with E-state index in [9.17, 15) is 9.18 Å². The molecular formula is C29H30FN3O4. The lowest BCUT2D eigenvalue weighted by Crippen LogP contribution is -2.21. The summed E-state index contributed by atoms with van der Waals surface area (Å²) in [6, 6.07) is 18.9. The lowest BCUT2D eigenvalue weighted by Gasteiger charge is -2.16. The zero-order valence-electron chi connectivity index (χ0n) is 21.2. The van der Waals surface area contributed by atoms with Crippen LogP contribution in [0.5, 0.6) is 0 Å². The van der Waals surface area contributed by atoms with E-state index in [1.165, 1.54) is 17.2 Å². The minimum absolute atomic E-state index is 0.0140. The first kappa shape index (κ1) is 26.2. The van der Waals surface area contributed by atoms with Gasteiger partial charge < -0.3 is 19.3 Å². The van der Waals surface area contributed by atoms with Crippen molar-refractivity contribution in [3.05, 3.63) is 83.2 Å². The maximum Gasteiger partial charge on any atom is 0.304 e. The Labute approximate surface area is 215 Å². The van der Waals surface area contributed by atoms with Crippen molar-refractivity contribution in [1.82, 2.24) is 15.0 Å². The van der Waals surface area contributed by atoms with Crippen molar-refractivity contribution in [2.24, 2.45) is 0 Å². The Balaban J connectivity index is 1.61. The third kappa shape index (κ3) is 6.28. The van der Waals surface area contributed by atoms with E-state index < -0.39 is 5.97 Å². The van der Waals surface area contributed by atoms with Gasteiger partial charge in [-0.3, -0.25) is 4.79 Å². The molecule has 0 atom stereocenters. The molecule has 1 heterocycles. The molecular weight excluding hydrogens is 473 g/mol. The highest BCUT2D eigenvalue weighted by atomic mass is 19.1. The normalized spacial score (nSPS) is 11.3. The van der Waals surface area contributed by atoms with Gasteiger partial charge in [-0.05, 0) is 66.1 Å². The average molecular weight is 504 g/mol. The van der Waals surface area contributed by atoms with E-state index in [-0.39, 0.29) is 18.8 Å². The van der Waals surface area contributed by atoms with E-state index in [4.69, 9.17) is 14.4 Å². The zero-order chi connectivity index (χ0) is 26.4. The van der Waals surface area contributed by atoms with Gasteiger partial charge in [0.1, 0.15) is 5.82 Å². The van der Waals surface area contributed by atoms with Crippen molar-refractivity contribution < 1.29 is 23.6 Å². The van der Waals surface area contributed by atoms with E-state index in [1.807, 2.05) is 30.3 Å². The number of benzene rings is 3. The Morgan fingerprint density at radius 2 is 1.76 bits per heavy atom. The molecule has 0 saturated heterocycles. The summed E-state index contributed by atoms with van der Waals surface area (Å²) in [6.07, 6.45) is 0.909. The highest BCUT2D eigenvalue weighted by molar-refractivity contribution is 5.74. The maximum atomic E-state index is 14.4. The number of rotatable bonds is 11. The topological polar surface area (TPSA) is 88.7 Å². The van der Waals surface area contributed by atoms with Crippen LogP contribution in [0.4, 0.5) is 4.39 Å². The molecule has 0 aliphatic carbocycles. The number of hydrogen-bond acceptors (Lipinski definition) is 6. The molecule has 0 unspecified atom stereocenters. The van der Waals surface area contributed by atoms with E-state index in [2.05, 4.69) is 29.2 Å². The highest BCUT2D eigenvalue weighted by Crippen LogP contribution is 2.32. The Kier molecular flexibility index (Phi) is 8.43. The number of halogens is 1. The van der Waals surface area contributed by atoms with Crippen molar-refractivity contribution in [1.29, 1.82) is 0 Å². The number of carboxylic acids is 1. The fraction of sp³-hybridized carbons (Fsp3) is 0.276. The zero-order valence-corrected chi connectivity index (χ0v) is 21.2. The highest BCUT2D eigenvalue weighted by Gasteiger charge is 2.16. The number of hydrogen-bond donors (Lipinski definition) is 1. The number of methoxy groups -OCH3 is 1. The third-order valence-electron chi connectivity index (χ3n) is 6.22. The standard InChI is InChI=1S/C29H30FN3O4/c1-4-19-7-5-6-8-24(19)25-11-9-21(16-23(25)18-36-3)29-31-28(32-37-29)20-10-12-26(30)22(15-20)17-33(2)14-13-27(34)35/h5-12,15-16H,4,13-14,17-18H2,1-3H3,(H,34,35). The van der Waals surface area contributed by atoms with Crippen LogP contribution in [0.2, 0.25) is 0 Å². The molecule has 0 saturated carbocycles. The monoisotopic (exact) mass is 503 g/mol. The molecule has 0 amide bonds. The number of ether oxygens (including phenoxy) is 1. The predicted molar refractivity (Wildman–Crippen MR) is 139 cm³/mol. The molecule has 1 aromatic heterocycles. The van der Waals surface area contributed by atoms with Gasteiger partial charge in [-0.2, -0.15) is 4.98 Å². The molecule has 0 aliphatic rings. The number of nitrogens with zero attached hydrogens (tertiary/aromatic N) is 3. The SMILES string of the molecule is CCc1ccccc1-c1ccc(-c2nc(-c3ccc(F)c(CN(C)CCC(=O)O)c3)no2)cc1COC. The van der Waals surface area contributed by atoms with Crippen LogP contribution < -0.4 is 0 Å². The van der Waals surface area contributed by atoms with Crippen molar-refractivity contribution in [3.63, 3.8) is 0 Å². The molecule has 7 nitrogen and oxygen atoms in total. The molecule has 8 heteroatoms. The van der Waals surface area contributed by atoms with Crippen molar-refractivity contribution >= 4 is 5.97 Å². The third-order valence-corrected chi connectivity index (χ3v) is 6.22. The summed E-state index contributed by atoms with van der Waals surface area (Å²) in [6.45, 7) is 3.14. The second kappa shape index (κ2) is 11.9. The largest absolute Gasteiger partial charge is 0.481 e. The van der Waals surface area contributed by atoms with Gasteiger partial charge in [-0.25, -0.2) is 4.39 Å². The second-order valence-corrected chi connectivity index (χ2v) is 8.93. The number of aryl methyl sites for hydroxylation is 1. The fourth-order valence-corrected chi connectivity index (χ4v) is 4.31. The molecule has 4 rings (SSSR count). The molecule has 0 aliphatic heterocycles. The molecule has 3 aromatic carbocycles. The van der Waals surface area contributed by atoms with Crippen LogP contribution >= 0.6 is 0 Å². The van der Waals surface area contributed by atoms with E-state index >= 15 is 0 Å². The fourth-order valence-electron chi connectivity index (χ4n) is 4.31. The van der Waals surface area contributed by atoms with Gasteiger partial charge in [0, 0.05) is 36.9 Å². The van der Waals surface area contributed by atoms with Crippen LogP contribution in [0, 0.1) is 5.82 Å². The molecule has 37 heavy (non-hydrogen) atoms. The summed E-state index contributed by atoms with van der Waals surface area (Å²) in [7, 11) is 3.42. The first-order valence-corrected chi connectivity index (χ1v) is 12.1. The number of carbonyl (C=O) groups is 1. The Hall–Kier alpha value is -3.88. The van der Waals surface area contributed by atoms with Crippen LogP contribution in [0.1, 0.15) is 30.0 Å². The van der Waals surface area contributed by atoms with Gasteiger partial charge in [-0.1, -0.05) is 42.4 Å². The van der Waals surface area contributed by atoms with Crippen LogP contribution in [0.3, 0.4) is 0 Å². The van der Waals surface area contributed by atoms with Crippen LogP contribution in [-0.4, -0.2) is 46.8 Å². The minimum Gasteiger partial charge on any atom is -0.481 e. The summed E-state index contributed by atoms with van der Waals surface area (Å²) in [5.74, 6) is -0.566. The van der Waals surface area contributed by atoms with Crippen LogP contribution in [-0.2, 0) is 29.1 Å². The summed E-state index contributed by atoms with van der Waals surface area (Å²) < 4.78 is 25.5. The van der Waals surface area contributed by atoms with Gasteiger partial charge in [0.15, 0.2) is 0 Å². The molecule has 1 N–H and O–H groups in total. The van der Waals surface area contributed by atoms with E-state index in [0.29, 0.717) is 36.0 Å².